The summed E-state index contributed by atoms with van der Waals surface area (Å²) in [7, 11) is 0. The molecule has 20 heavy (non-hydrogen) atoms. The van der Waals surface area contributed by atoms with Crippen LogP contribution in [0.1, 0.15) is 31.1 Å². The molecule has 2 rings (SSSR count). The molecule has 1 heterocycles. The van der Waals surface area contributed by atoms with Crippen LogP contribution in [-0.2, 0) is 0 Å². The molecule has 0 aliphatic heterocycles. The van der Waals surface area contributed by atoms with Gasteiger partial charge in [-0.1, -0.05) is 45.0 Å². The van der Waals surface area contributed by atoms with E-state index in [0.717, 1.165) is 29.9 Å². The standard InChI is InChI=1S/C16H19N3O/c1-16(2,3)10-17-15-8-14(18-11-19-15)13-6-4-12(9-20)5-7-13/h4-9,11H,10H2,1-3H3,(H,17,18,19). The molecule has 0 bridgehead atoms. The fraction of sp³-hybridized carbons (Fsp3) is 0.312. The molecule has 0 saturated carbocycles. The van der Waals surface area contributed by atoms with Gasteiger partial charge in [-0.05, 0) is 5.41 Å². The zero-order valence-corrected chi connectivity index (χ0v) is 12.1. The number of carbonyl (C=O) groups excluding carboxylic acids is 1. The van der Waals surface area contributed by atoms with E-state index in [2.05, 4.69) is 36.1 Å². The van der Waals surface area contributed by atoms with Gasteiger partial charge in [-0.15, -0.1) is 0 Å². The SMILES string of the molecule is CC(C)(C)CNc1cc(-c2ccc(C=O)cc2)ncn1. The number of aromatic nitrogens is 2. The predicted molar refractivity (Wildman–Crippen MR) is 80.8 cm³/mol. The zero-order chi connectivity index (χ0) is 14.6. The second-order valence-corrected chi connectivity index (χ2v) is 5.94. The summed E-state index contributed by atoms with van der Waals surface area (Å²) in [5.41, 5.74) is 2.66. The maximum atomic E-state index is 10.7. The normalized spacial score (nSPS) is 11.2. The van der Waals surface area contributed by atoms with Gasteiger partial charge in [0.1, 0.15) is 18.4 Å². The molecule has 1 N–H and O–H groups in total. The van der Waals surface area contributed by atoms with Gasteiger partial charge in [0.2, 0.25) is 0 Å². The topological polar surface area (TPSA) is 54.9 Å². The molecule has 0 spiro atoms. The summed E-state index contributed by atoms with van der Waals surface area (Å²) in [4.78, 5) is 19.1. The van der Waals surface area contributed by atoms with E-state index in [9.17, 15) is 4.79 Å². The minimum Gasteiger partial charge on any atom is -0.369 e. The molecule has 0 saturated heterocycles. The first-order valence-electron chi connectivity index (χ1n) is 6.59. The van der Waals surface area contributed by atoms with Crippen molar-refractivity contribution < 1.29 is 4.79 Å². The average molecular weight is 269 g/mol. The second-order valence-electron chi connectivity index (χ2n) is 5.94. The summed E-state index contributed by atoms with van der Waals surface area (Å²) in [6.07, 6.45) is 2.38. The molecule has 0 aliphatic rings. The van der Waals surface area contributed by atoms with E-state index in [-0.39, 0.29) is 5.41 Å². The first-order chi connectivity index (χ1) is 9.48. The third-order valence-corrected chi connectivity index (χ3v) is 2.81. The van der Waals surface area contributed by atoms with E-state index in [4.69, 9.17) is 0 Å². The highest BCUT2D eigenvalue weighted by Crippen LogP contribution is 2.20. The van der Waals surface area contributed by atoms with E-state index in [1.807, 2.05) is 18.2 Å². The molecule has 0 amide bonds. The van der Waals surface area contributed by atoms with Gasteiger partial charge in [-0.2, -0.15) is 0 Å². The van der Waals surface area contributed by atoms with Gasteiger partial charge in [0.15, 0.2) is 0 Å². The van der Waals surface area contributed by atoms with Crippen molar-refractivity contribution in [1.82, 2.24) is 9.97 Å². The van der Waals surface area contributed by atoms with E-state index >= 15 is 0 Å². The van der Waals surface area contributed by atoms with Crippen molar-refractivity contribution in [2.75, 3.05) is 11.9 Å². The number of rotatable bonds is 4. The van der Waals surface area contributed by atoms with Crippen molar-refractivity contribution in [2.45, 2.75) is 20.8 Å². The maximum absolute atomic E-state index is 10.7. The Morgan fingerprint density at radius 1 is 1.15 bits per heavy atom. The van der Waals surface area contributed by atoms with Gasteiger partial charge < -0.3 is 5.32 Å². The summed E-state index contributed by atoms with van der Waals surface area (Å²) in [5, 5.41) is 3.31. The van der Waals surface area contributed by atoms with E-state index in [0.29, 0.717) is 5.56 Å². The fourth-order valence-electron chi connectivity index (χ4n) is 1.70. The highest BCUT2D eigenvalue weighted by atomic mass is 16.1. The lowest BCUT2D eigenvalue weighted by atomic mass is 9.97. The van der Waals surface area contributed by atoms with Gasteiger partial charge in [-0.3, -0.25) is 4.79 Å². The Hall–Kier alpha value is -2.23. The first kappa shape index (κ1) is 14.2. The third-order valence-electron chi connectivity index (χ3n) is 2.81. The van der Waals surface area contributed by atoms with Crippen LogP contribution in [0.2, 0.25) is 0 Å². The first-order valence-corrected chi connectivity index (χ1v) is 6.59. The molecule has 0 aliphatic carbocycles. The zero-order valence-electron chi connectivity index (χ0n) is 12.1. The van der Waals surface area contributed by atoms with Crippen LogP contribution in [0.5, 0.6) is 0 Å². The van der Waals surface area contributed by atoms with Crippen LogP contribution < -0.4 is 5.32 Å². The van der Waals surface area contributed by atoms with E-state index < -0.39 is 0 Å². The van der Waals surface area contributed by atoms with Crippen LogP contribution in [0.15, 0.2) is 36.7 Å². The largest absolute Gasteiger partial charge is 0.369 e. The van der Waals surface area contributed by atoms with Crippen LogP contribution in [-0.4, -0.2) is 22.8 Å². The van der Waals surface area contributed by atoms with Crippen LogP contribution >= 0.6 is 0 Å². The van der Waals surface area contributed by atoms with Gasteiger partial charge in [-0.25, -0.2) is 9.97 Å². The third kappa shape index (κ3) is 3.88. The molecule has 104 valence electrons. The number of hydrogen-bond donors (Lipinski definition) is 1. The van der Waals surface area contributed by atoms with Crippen LogP contribution in [0.25, 0.3) is 11.3 Å². The van der Waals surface area contributed by atoms with Crippen molar-refractivity contribution in [3.05, 3.63) is 42.2 Å². The average Bonchev–Trinajstić information content (AvgIpc) is 2.45. The number of carbonyl (C=O) groups is 1. The van der Waals surface area contributed by atoms with E-state index in [1.165, 1.54) is 0 Å². The van der Waals surface area contributed by atoms with Crippen molar-refractivity contribution >= 4 is 12.1 Å². The summed E-state index contributed by atoms with van der Waals surface area (Å²) in [6, 6.07) is 9.26. The Labute approximate surface area is 119 Å². The Kier molecular flexibility index (Phi) is 4.13. The predicted octanol–water partition coefficient (Wildman–Crippen LogP) is 3.41. The number of aldehydes is 1. The highest BCUT2D eigenvalue weighted by Gasteiger charge is 2.10. The smallest absolute Gasteiger partial charge is 0.150 e. The number of hydrogen-bond acceptors (Lipinski definition) is 4. The van der Waals surface area contributed by atoms with Crippen LogP contribution in [0.4, 0.5) is 5.82 Å². The lowest BCUT2D eigenvalue weighted by Gasteiger charge is -2.19. The molecule has 4 nitrogen and oxygen atoms in total. The second kappa shape index (κ2) is 5.82. The summed E-state index contributed by atoms with van der Waals surface area (Å²) >= 11 is 0. The number of anilines is 1. The number of nitrogens with zero attached hydrogens (tertiary/aromatic N) is 2. The Morgan fingerprint density at radius 2 is 1.85 bits per heavy atom. The molecule has 0 atom stereocenters. The number of benzene rings is 1. The molecule has 1 aromatic carbocycles. The van der Waals surface area contributed by atoms with Crippen molar-refractivity contribution in [3.8, 4) is 11.3 Å². The van der Waals surface area contributed by atoms with Gasteiger partial charge >= 0.3 is 0 Å². The van der Waals surface area contributed by atoms with Gasteiger partial charge in [0, 0.05) is 23.7 Å². The minimum atomic E-state index is 0.191. The number of nitrogens with one attached hydrogen (secondary N) is 1. The molecule has 1 aromatic heterocycles. The molecular weight excluding hydrogens is 250 g/mol. The van der Waals surface area contributed by atoms with Crippen LogP contribution in [0.3, 0.4) is 0 Å². The Bertz CT molecular complexity index is 585. The fourth-order valence-corrected chi connectivity index (χ4v) is 1.70. The molecule has 2 aromatic rings. The summed E-state index contributed by atoms with van der Waals surface area (Å²) in [5.74, 6) is 0.810. The maximum Gasteiger partial charge on any atom is 0.150 e. The molecule has 4 heteroatoms. The molecular formula is C16H19N3O. The minimum absolute atomic E-state index is 0.191. The monoisotopic (exact) mass is 269 g/mol. The van der Waals surface area contributed by atoms with Gasteiger partial charge in [0.05, 0.1) is 5.69 Å². The highest BCUT2D eigenvalue weighted by molar-refractivity contribution is 5.76. The lowest BCUT2D eigenvalue weighted by molar-refractivity contribution is 0.112. The van der Waals surface area contributed by atoms with Crippen molar-refractivity contribution in [3.63, 3.8) is 0 Å². The molecule has 0 radical (unpaired) electrons. The van der Waals surface area contributed by atoms with E-state index in [1.54, 1.807) is 18.5 Å². The lowest BCUT2D eigenvalue weighted by Crippen LogP contribution is -2.19. The van der Waals surface area contributed by atoms with Gasteiger partial charge in [0.25, 0.3) is 0 Å². The van der Waals surface area contributed by atoms with Crippen molar-refractivity contribution in [1.29, 1.82) is 0 Å². The molecule has 0 unspecified atom stereocenters. The summed E-state index contributed by atoms with van der Waals surface area (Å²) in [6.45, 7) is 7.34. The van der Waals surface area contributed by atoms with Crippen molar-refractivity contribution in [2.24, 2.45) is 5.41 Å². The quantitative estimate of drug-likeness (QED) is 0.864. The molecule has 0 fully saturated rings. The Morgan fingerprint density at radius 3 is 2.45 bits per heavy atom. The summed E-state index contributed by atoms with van der Waals surface area (Å²) < 4.78 is 0. The van der Waals surface area contributed by atoms with Crippen LogP contribution in [0, 0.1) is 5.41 Å². The Balaban J connectivity index is 2.18.